The van der Waals surface area contributed by atoms with Gasteiger partial charge in [0, 0.05) is 23.0 Å². The summed E-state index contributed by atoms with van der Waals surface area (Å²) in [6.45, 7) is 3.63. The lowest BCUT2D eigenvalue weighted by Crippen LogP contribution is -2.07. The zero-order valence-corrected chi connectivity index (χ0v) is 17.1. The van der Waals surface area contributed by atoms with E-state index in [0.717, 1.165) is 37.8 Å². The van der Waals surface area contributed by atoms with Crippen molar-refractivity contribution in [3.63, 3.8) is 0 Å². The summed E-state index contributed by atoms with van der Waals surface area (Å²) >= 11 is 3.50. The maximum atomic E-state index is 9.28. The SMILES string of the molecule is CCOCc1nc2c(N)nc3cc(Br)ccc3c2n1Cc1ccc(CO)cc1. The van der Waals surface area contributed by atoms with Crippen LogP contribution >= 0.6 is 15.9 Å². The van der Waals surface area contributed by atoms with Crippen LogP contribution in [-0.2, 0) is 24.5 Å². The quantitative estimate of drug-likeness (QED) is 0.472. The Hall–Kier alpha value is -2.48. The van der Waals surface area contributed by atoms with Crippen LogP contribution in [0, 0.1) is 0 Å². The minimum absolute atomic E-state index is 0.0333. The molecule has 4 rings (SSSR count). The van der Waals surface area contributed by atoms with Crippen LogP contribution in [0.5, 0.6) is 0 Å². The first-order valence-corrected chi connectivity index (χ1v) is 9.90. The fourth-order valence-electron chi connectivity index (χ4n) is 3.34. The molecule has 0 spiro atoms. The second-order valence-corrected chi connectivity index (χ2v) is 7.50. The first kappa shape index (κ1) is 18.9. The number of anilines is 1. The lowest BCUT2D eigenvalue weighted by atomic mass is 10.1. The van der Waals surface area contributed by atoms with Crippen molar-refractivity contribution in [1.29, 1.82) is 0 Å². The van der Waals surface area contributed by atoms with Gasteiger partial charge in [-0.2, -0.15) is 0 Å². The number of imidazole rings is 1. The highest BCUT2D eigenvalue weighted by Crippen LogP contribution is 2.31. The van der Waals surface area contributed by atoms with Gasteiger partial charge in [0.1, 0.15) is 17.9 Å². The molecule has 144 valence electrons. The zero-order chi connectivity index (χ0) is 19.7. The van der Waals surface area contributed by atoms with E-state index < -0.39 is 0 Å². The van der Waals surface area contributed by atoms with Gasteiger partial charge in [0.2, 0.25) is 0 Å². The largest absolute Gasteiger partial charge is 0.392 e. The van der Waals surface area contributed by atoms with Gasteiger partial charge in [-0.05, 0) is 36.2 Å². The molecule has 4 aromatic rings. The Morgan fingerprint density at radius 2 is 1.86 bits per heavy atom. The molecule has 2 aromatic heterocycles. The van der Waals surface area contributed by atoms with E-state index in [1.165, 1.54) is 0 Å². The van der Waals surface area contributed by atoms with Crippen molar-refractivity contribution in [3.8, 4) is 0 Å². The molecule has 0 atom stereocenters. The topological polar surface area (TPSA) is 86.2 Å². The Labute approximate surface area is 171 Å². The molecule has 0 unspecified atom stereocenters. The number of fused-ring (bicyclic) bond motifs is 3. The summed E-state index contributed by atoms with van der Waals surface area (Å²) in [7, 11) is 0. The number of hydrogen-bond donors (Lipinski definition) is 2. The van der Waals surface area contributed by atoms with Crippen LogP contribution in [0.4, 0.5) is 5.82 Å². The van der Waals surface area contributed by atoms with Gasteiger partial charge in [0.15, 0.2) is 5.82 Å². The third kappa shape index (κ3) is 3.48. The fraction of sp³-hybridized carbons (Fsp3) is 0.238. The molecule has 2 aromatic carbocycles. The average molecular weight is 441 g/mol. The van der Waals surface area contributed by atoms with Gasteiger partial charge in [-0.3, -0.25) is 0 Å². The molecule has 0 aliphatic rings. The van der Waals surface area contributed by atoms with Crippen LogP contribution in [0.25, 0.3) is 21.9 Å². The lowest BCUT2D eigenvalue weighted by Gasteiger charge is -2.12. The molecule has 0 saturated heterocycles. The number of nitrogens with zero attached hydrogens (tertiary/aromatic N) is 3. The van der Waals surface area contributed by atoms with Crippen molar-refractivity contribution in [2.45, 2.75) is 26.7 Å². The molecule has 0 amide bonds. The number of nitrogens with two attached hydrogens (primary N) is 1. The van der Waals surface area contributed by atoms with Crippen LogP contribution in [0.1, 0.15) is 23.9 Å². The van der Waals surface area contributed by atoms with Crippen molar-refractivity contribution in [2.24, 2.45) is 0 Å². The number of aliphatic hydroxyl groups excluding tert-OH is 1. The summed E-state index contributed by atoms with van der Waals surface area (Å²) in [6.07, 6.45) is 0. The molecule has 6 nitrogen and oxygen atoms in total. The third-order valence-electron chi connectivity index (χ3n) is 4.73. The summed E-state index contributed by atoms with van der Waals surface area (Å²) in [5.74, 6) is 1.22. The van der Waals surface area contributed by atoms with Gasteiger partial charge in [-0.15, -0.1) is 0 Å². The van der Waals surface area contributed by atoms with E-state index in [2.05, 4.69) is 25.5 Å². The maximum Gasteiger partial charge on any atom is 0.152 e. The van der Waals surface area contributed by atoms with Crippen LogP contribution < -0.4 is 5.73 Å². The summed E-state index contributed by atoms with van der Waals surface area (Å²) in [5.41, 5.74) is 10.7. The second kappa shape index (κ2) is 7.87. The highest BCUT2D eigenvalue weighted by Gasteiger charge is 2.18. The van der Waals surface area contributed by atoms with E-state index in [1.807, 2.05) is 49.4 Å². The zero-order valence-electron chi connectivity index (χ0n) is 15.5. The summed E-state index contributed by atoms with van der Waals surface area (Å²) in [6, 6.07) is 13.9. The number of rotatable bonds is 6. The number of pyridine rings is 1. The Bertz CT molecular complexity index is 1140. The minimum atomic E-state index is 0.0333. The van der Waals surface area contributed by atoms with Crippen LogP contribution in [0.2, 0.25) is 0 Å². The first-order valence-electron chi connectivity index (χ1n) is 9.11. The summed E-state index contributed by atoms with van der Waals surface area (Å²) in [5, 5.41) is 10.3. The highest BCUT2D eigenvalue weighted by molar-refractivity contribution is 9.10. The van der Waals surface area contributed by atoms with E-state index in [0.29, 0.717) is 31.1 Å². The predicted octanol–water partition coefficient (Wildman–Crippen LogP) is 4.01. The molecule has 0 fully saturated rings. The van der Waals surface area contributed by atoms with Crippen molar-refractivity contribution in [2.75, 3.05) is 12.3 Å². The van der Waals surface area contributed by atoms with Gasteiger partial charge in [0.25, 0.3) is 0 Å². The van der Waals surface area contributed by atoms with E-state index in [4.69, 9.17) is 15.5 Å². The highest BCUT2D eigenvalue weighted by atomic mass is 79.9. The third-order valence-corrected chi connectivity index (χ3v) is 5.22. The predicted molar refractivity (Wildman–Crippen MR) is 114 cm³/mol. The number of aromatic nitrogens is 3. The van der Waals surface area contributed by atoms with Crippen molar-refractivity contribution in [1.82, 2.24) is 14.5 Å². The van der Waals surface area contributed by atoms with Crippen molar-refractivity contribution >= 4 is 43.7 Å². The van der Waals surface area contributed by atoms with E-state index in [-0.39, 0.29) is 6.61 Å². The van der Waals surface area contributed by atoms with Gasteiger partial charge in [-0.1, -0.05) is 40.2 Å². The van der Waals surface area contributed by atoms with E-state index in [1.54, 1.807) is 0 Å². The first-order chi connectivity index (χ1) is 13.6. The van der Waals surface area contributed by atoms with E-state index >= 15 is 0 Å². The number of benzene rings is 2. The van der Waals surface area contributed by atoms with Gasteiger partial charge >= 0.3 is 0 Å². The molecule has 7 heteroatoms. The molecule has 2 heterocycles. The Morgan fingerprint density at radius 3 is 2.57 bits per heavy atom. The van der Waals surface area contributed by atoms with Crippen LogP contribution in [0.3, 0.4) is 0 Å². The van der Waals surface area contributed by atoms with Crippen molar-refractivity contribution < 1.29 is 9.84 Å². The maximum absolute atomic E-state index is 9.28. The number of halogens is 1. The Balaban J connectivity index is 1.92. The summed E-state index contributed by atoms with van der Waals surface area (Å²) < 4.78 is 8.75. The standard InChI is InChI=1S/C21H21BrN4O2/c1-2-28-12-18-25-19-20(16-8-7-15(22)9-17(16)24-21(19)23)26(18)10-13-3-5-14(11-27)6-4-13/h3-9,27H,2,10-12H2,1H3,(H2,23,24). The molecular weight excluding hydrogens is 420 g/mol. The molecule has 0 aliphatic carbocycles. The summed E-state index contributed by atoms with van der Waals surface area (Å²) in [4.78, 5) is 9.28. The molecular formula is C21H21BrN4O2. The van der Waals surface area contributed by atoms with E-state index in [9.17, 15) is 5.11 Å². The lowest BCUT2D eigenvalue weighted by molar-refractivity contribution is 0.126. The molecule has 0 saturated carbocycles. The molecule has 3 N–H and O–H groups in total. The Morgan fingerprint density at radius 1 is 1.11 bits per heavy atom. The van der Waals surface area contributed by atoms with Crippen LogP contribution in [0.15, 0.2) is 46.9 Å². The second-order valence-electron chi connectivity index (χ2n) is 6.58. The molecule has 0 aliphatic heterocycles. The number of aliphatic hydroxyl groups is 1. The van der Waals surface area contributed by atoms with Crippen LogP contribution in [-0.4, -0.2) is 26.2 Å². The monoisotopic (exact) mass is 440 g/mol. The average Bonchev–Trinajstić information content (AvgIpc) is 3.06. The smallest absolute Gasteiger partial charge is 0.152 e. The van der Waals surface area contributed by atoms with Gasteiger partial charge in [0.05, 0.1) is 17.6 Å². The van der Waals surface area contributed by atoms with Crippen molar-refractivity contribution in [3.05, 3.63) is 63.9 Å². The molecule has 0 radical (unpaired) electrons. The normalized spacial score (nSPS) is 11.5. The number of ether oxygens (including phenoxy) is 1. The molecule has 0 bridgehead atoms. The van der Waals surface area contributed by atoms with Gasteiger partial charge < -0.3 is 20.1 Å². The number of nitrogen functional groups attached to an aromatic ring is 1. The Kier molecular flexibility index (Phi) is 5.30. The fourth-order valence-corrected chi connectivity index (χ4v) is 3.69. The number of hydrogen-bond acceptors (Lipinski definition) is 5. The van der Waals surface area contributed by atoms with Gasteiger partial charge in [-0.25, -0.2) is 9.97 Å². The minimum Gasteiger partial charge on any atom is -0.392 e. The molecule has 28 heavy (non-hydrogen) atoms.